The van der Waals surface area contributed by atoms with Gasteiger partial charge in [-0.05, 0) is 55.9 Å². The minimum Gasteiger partial charge on any atom is -0.426 e. The zero-order valence-electron chi connectivity index (χ0n) is 18.2. The lowest BCUT2D eigenvalue weighted by Crippen LogP contribution is -2.41. The van der Waals surface area contributed by atoms with Gasteiger partial charge in [-0.2, -0.15) is 4.31 Å². The zero-order valence-corrected chi connectivity index (χ0v) is 19.0. The summed E-state index contributed by atoms with van der Waals surface area (Å²) in [5, 5.41) is 0. The van der Waals surface area contributed by atoms with Crippen molar-refractivity contribution >= 4 is 21.8 Å². The lowest BCUT2D eigenvalue weighted by atomic mass is 9.97. The van der Waals surface area contributed by atoms with Crippen LogP contribution in [-0.2, 0) is 14.8 Å². The second-order valence-corrected chi connectivity index (χ2v) is 9.97. The Kier molecular flexibility index (Phi) is 7.28. The molecule has 6 nitrogen and oxygen atoms in total. The van der Waals surface area contributed by atoms with Crippen molar-refractivity contribution in [1.29, 1.82) is 0 Å². The summed E-state index contributed by atoms with van der Waals surface area (Å²) in [5.41, 5.74) is 1.48. The first-order chi connectivity index (χ1) is 14.7. The van der Waals surface area contributed by atoms with Crippen molar-refractivity contribution in [2.75, 3.05) is 13.1 Å². The molecule has 1 fully saturated rings. The first-order valence-corrected chi connectivity index (χ1v) is 12.1. The Morgan fingerprint density at radius 3 is 2.26 bits per heavy atom. The molecule has 0 radical (unpaired) electrons. The molecular formula is C24H29NO5S. The van der Waals surface area contributed by atoms with E-state index in [1.54, 1.807) is 0 Å². The highest BCUT2D eigenvalue weighted by Crippen LogP contribution is 2.30. The molecule has 31 heavy (non-hydrogen) atoms. The van der Waals surface area contributed by atoms with Gasteiger partial charge in [-0.15, -0.1) is 0 Å². The van der Waals surface area contributed by atoms with Crippen molar-refractivity contribution in [1.82, 2.24) is 4.31 Å². The van der Waals surface area contributed by atoms with Gasteiger partial charge < -0.3 is 4.74 Å². The SMILES string of the molecule is CCC(C)c1ccccc1OC(=O)C1CCN(S(=O)(=O)c2ccc(C(C)=O)cc2)CC1. The first kappa shape index (κ1) is 23.2. The lowest BCUT2D eigenvalue weighted by molar-refractivity contribution is -0.140. The molecule has 0 aliphatic carbocycles. The molecule has 2 aromatic carbocycles. The third-order valence-corrected chi connectivity index (χ3v) is 7.87. The molecule has 0 saturated carbocycles. The highest BCUT2D eigenvalue weighted by atomic mass is 32.2. The molecule has 166 valence electrons. The maximum Gasteiger partial charge on any atom is 0.314 e. The first-order valence-electron chi connectivity index (χ1n) is 10.7. The van der Waals surface area contributed by atoms with Crippen LogP contribution in [0.5, 0.6) is 5.75 Å². The Bertz CT molecular complexity index is 1040. The largest absolute Gasteiger partial charge is 0.426 e. The van der Waals surface area contributed by atoms with E-state index in [9.17, 15) is 18.0 Å². The fourth-order valence-corrected chi connectivity index (χ4v) is 5.20. The smallest absolute Gasteiger partial charge is 0.314 e. The number of esters is 1. The van der Waals surface area contributed by atoms with Gasteiger partial charge in [-0.3, -0.25) is 9.59 Å². The van der Waals surface area contributed by atoms with E-state index >= 15 is 0 Å². The number of rotatable bonds is 7. The number of Topliss-reactive ketones (excluding diaryl/α,β-unsaturated/α-hetero) is 1. The summed E-state index contributed by atoms with van der Waals surface area (Å²) in [6, 6.07) is 13.5. The number of ether oxygens (including phenoxy) is 1. The Hall–Kier alpha value is -2.51. The van der Waals surface area contributed by atoms with Crippen LogP contribution < -0.4 is 4.74 Å². The lowest BCUT2D eigenvalue weighted by Gasteiger charge is -2.30. The van der Waals surface area contributed by atoms with Gasteiger partial charge in [0.25, 0.3) is 0 Å². The predicted octanol–water partition coefficient (Wildman–Crippen LogP) is 4.41. The van der Waals surface area contributed by atoms with Crippen LogP contribution in [0.25, 0.3) is 0 Å². The summed E-state index contributed by atoms with van der Waals surface area (Å²) in [4.78, 5) is 24.3. The molecule has 0 amide bonds. The Labute approximate surface area is 184 Å². The van der Waals surface area contributed by atoms with Gasteiger partial charge in [0.1, 0.15) is 5.75 Å². The molecule has 3 rings (SSSR count). The van der Waals surface area contributed by atoms with E-state index < -0.39 is 10.0 Å². The minimum atomic E-state index is -3.66. The van der Waals surface area contributed by atoms with Crippen molar-refractivity contribution < 1.29 is 22.7 Å². The standard InChI is InChI=1S/C24H29NO5S/c1-4-17(2)22-7-5-6-8-23(22)30-24(27)20-13-15-25(16-14-20)31(28,29)21-11-9-19(10-12-21)18(3)26/h5-12,17,20H,4,13-16H2,1-3H3. The Morgan fingerprint density at radius 2 is 1.68 bits per heavy atom. The van der Waals surface area contributed by atoms with Crippen LogP contribution in [0.2, 0.25) is 0 Å². The topological polar surface area (TPSA) is 80.8 Å². The van der Waals surface area contributed by atoms with Crippen molar-refractivity contribution in [2.24, 2.45) is 5.92 Å². The number of nitrogens with zero attached hydrogens (tertiary/aromatic N) is 1. The fraction of sp³-hybridized carbons (Fsp3) is 0.417. The molecule has 0 bridgehead atoms. The van der Waals surface area contributed by atoms with Gasteiger partial charge in [0.2, 0.25) is 10.0 Å². The van der Waals surface area contributed by atoms with Gasteiger partial charge in [0.05, 0.1) is 10.8 Å². The van der Waals surface area contributed by atoms with Crippen LogP contribution in [0.15, 0.2) is 53.4 Å². The average molecular weight is 444 g/mol. The van der Waals surface area contributed by atoms with Gasteiger partial charge in [0.15, 0.2) is 5.78 Å². The van der Waals surface area contributed by atoms with E-state index in [4.69, 9.17) is 4.74 Å². The molecule has 1 unspecified atom stereocenters. The van der Waals surface area contributed by atoms with Crippen molar-refractivity contribution in [3.8, 4) is 5.75 Å². The number of carbonyl (C=O) groups is 2. The monoisotopic (exact) mass is 443 g/mol. The molecule has 0 aromatic heterocycles. The van der Waals surface area contributed by atoms with Crippen LogP contribution in [0, 0.1) is 5.92 Å². The summed E-state index contributed by atoms with van der Waals surface area (Å²) in [6.45, 7) is 6.13. The molecule has 1 heterocycles. The normalized spacial score (nSPS) is 16.6. The minimum absolute atomic E-state index is 0.113. The summed E-state index contributed by atoms with van der Waals surface area (Å²) >= 11 is 0. The molecule has 1 saturated heterocycles. The second kappa shape index (κ2) is 9.75. The van der Waals surface area contributed by atoms with Crippen LogP contribution >= 0.6 is 0 Å². The zero-order chi connectivity index (χ0) is 22.6. The second-order valence-electron chi connectivity index (χ2n) is 8.03. The Morgan fingerprint density at radius 1 is 1.06 bits per heavy atom. The number of sulfonamides is 1. The maximum atomic E-state index is 12.9. The van der Waals surface area contributed by atoms with Gasteiger partial charge in [0, 0.05) is 18.7 Å². The summed E-state index contributed by atoms with van der Waals surface area (Å²) in [5.74, 6) is 0.112. The number of carbonyl (C=O) groups excluding carboxylic acids is 2. The number of piperidine rings is 1. The maximum absolute atomic E-state index is 12.9. The third kappa shape index (κ3) is 5.22. The van der Waals surface area contributed by atoms with Gasteiger partial charge in [-0.1, -0.05) is 44.2 Å². The van der Waals surface area contributed by atoms with E-state index in [0.29, 0.717) is 24.2 Å². The van der Waals surface area contributed by atoms with E-state index in [2.05, 4.69) is 13.8 Å². The quantitative estimate of drug-likeness (QED) is 0.360. The van der Waals surface area contributed by atoms with E-state index in [0.717, 1.165) is 12.0 Å². The van der Waals surface area contributed by atoms with Crippen LogP contribution in [-0.4, -0.2) is 37.6 Å². The van der Waals surface area contributed by atoms with Gasteiger partial charge in [-0.25, -0.2) is 8.42 Å². The summed E-state index contributed by atoms with van der Waals surface area (Å²) in [7, 11) is -3.66. The van der Waals surface area contributed by atoms with Crippen LogP contribution in [0.1, 0.15) is 61.9 Å². The Balaban J connectivity index is 1.64. The molecule has 7 heteroatoms. The molecule has 1 aliphatic heterocycles. The molecule has 0 N–H and O–H groups in total. The molecule has 2 aromatic rings. The van der Waals surface area contributed by atoms with E-state index in [1.165, 1.54) is 35.5 Å². The van der Waals surface area contributed by atoms with Gasteiger partial charge >= 0.3 is 5.97 Å². The molecular weight excluding hydrogens is 414 g/mol. The fourth-order valence-electron chi connectivity index (χ4n) is 3.73. The van der Waals surface area contributed by atoms with E-state index in [1.807, 2.05) is 24.3 Å². The third-order valence-electron chi connectivity index (χ3n) is 5.96. The number of benzene rings is 2. The number of hydrogen-bond donors (Lipinski definition) is 0. The predicted molar refractivity (Wildman–Crippen MR) is 119 cm³/mol. The van der Waals surface area contributed by atoms with Crippen LogP contribution in [0.4, 0.5) is 0 Å². The highest BCUT2D eigenvalue weighted by molar-refractivity contribution is 7.89. The average Bonchev–Trinajstić information content (AvgIpc) is 2.79. The van der Waals surface area contributed by atoms with Crippen molar-refractivity contribution in [3.63, 3.8) is 0 Å². The summed E-state index contributed by atoms with van der Waals surface area (Å²) < 4.78 is 32.9. The number of para-hydroxylation sites is 1. The molecule has 1 aliphatic rings. The number of ketones is 1. The molecule has 1 atom stereocenters. The number of hydrogen-bond acceptors (Lipinski definition) is 5. The van der Waals surface area contributed by atoms with Crippen LogP contribution in [0.3, 0.4) is 0 Å². The van der Waals surface area contributed by atoms with Crippen molar-refractivity contribution in [2.45, 2.75) is 50.8 Å². The highest BCUT2D eigenvalue weighted by Gasteiger charge is 2.33. The van der Waals surface area contributed by atoms with Crippen molar-refractivity contribution in [3.05, 3.63) is 59.7 Å². The molecule has 0 spiro atoms. The summed E-state index contributed by atoms with van der Waals surface area (Å²) in [6.07, 6.45) is 1.77. The van der Waals surface area contributed by atoms with E-state index in [-0.39, 0.29) is 41.6 Å².